The zero-order valence-electron chi connectivity index (χ0n) is 19.6. The van der Waals surface area contributed by atoms with Gasteiger partial charge in [0.25, 0.3) is 0 Å². The maximum absolute atomic E-state index is 12.7. The Morgan fingerprint density at radius 1 is 1.12 bits per heavy atom. The molecule has 180 valence electrons. The molecule has 0 spiro atoms. The molecule has 3 N–H and O–H groups in total. The fourth-order valence-corrected chi connectivity index (χ4v) is 3.64. The average molecular weight is 451 g/mol. The molecule has 0 saturated carbocycles. The quantitative estimate of drug-likeness (QED) is 0.167. The highest BCUT2D eigenvalue weighted by molar-refractivity contribution is 5.80. The number of hydrogen-bond acceptors (Lipinski definition) is 9. The van der Waals surface area contributed by atoms with Crippen molar-refractivity contribution in [1.82, 2.24) is 30.3 Å². The van der Waals surface area contributed by atoms with E-state index < -0.39 is 5.92 Å². The van der Waals surface area contributed by atoms with Gasteiger partial charge in [-0.3, -0.25) is 25.6 Å². The molecule has 0 aliphatic carbocycles. The van der Waals surface area contributed by atoms with Gasteiger partial charge in [-0.25, -0.2) is 5.06 Å². The number of hydroxylamine groups is 2. The number of hydrogen-bond donors (Lipinski definition) is 3. The molecule has 1 aliphatic heterocycles. The third-order valence-electron chi connectivity index (χ3n) is 5.60. The number of aryl methyl sites for hydroxylation is 1. The molecule has 1 atom stereocenters. The summed E-state index contributed by atoms with van der Waals surface area (Å²) in [4.78, 5) is 41.6. The number of carbonyl (C=O) groups is 2. The maximum Gasteiger partial charge on any atom is 0.246 e. The number of carbonyl (C=O) groups excluding carboxylic acids is 2. The third-order valence-corrected chi connectivity index (χ3v) is 5.60. The molecule has 0 bridgehead atoms. The lowest BCUT2D eigenvalue weighted by Gasteiger charge is -2.34. The summed E-state index contributed by atoms with van der Waals surface area (Å²) in [6.45, 7) is 10.9. The highest BCUT2D eigenvalue weighted by Gasteiger charge is 2.22. The number of nitrogens with one attached hydrogen (secondary N) is 2. The zero-order valence-corrected chi connectivity index (χ0v) is 19.6. The molecular formula is C21H38N8O3. The van der Waals surface area contributed by atoms with Crippen LogP contribution in [-0.2, 0) is 16.0 Å². The van der Waals surface area contributed by atoms with Crippen molar-refractivity contribution in [3.05, 3.63) is 5.82 Å². The second-order valence-electron chi connectivity index (χ2n) is 8.08. The van der Waals surface area contributed by atoms with Crippen molar-refractivity contribution in [3.63, 3.8) is 0 Å². The number of amides is 2. The molecule has 1 saturated heterocycles. The molecule has 0 aromatic carbocycles. The molecule has 1 aliphatic rings. The number of likely N-dealkylation sites (N-methyl/N-ethyl adjacent to an activating group) is 1. The van der Waals surface area contributed by atoms with E-state index in [4.69, 9.17) is 0 Å². The molecule has 2 heterocycles. The van der Waals surface area contributed by atoms with Gasteiger partial charge >= 0.3 is 0 Å². The van der Waals surface area contributed by atoms with Crippen molar-refractivity contribution < 1.29 is 14.8 Å². The Bertz CT molecular complexity index is 712. The number of unbranched alkanes of at least 4 members (excludes halogenated alkanes) is 2. The van der Waals surface area contributed by atoms with Crippen molar-refractivity contribution in [2.24, 2.45) is 5.92 Å². The minimum atomic E-state index is -0.539. The van der Waals surface area contributed by atoms with E-state index in [0.717, 1.165) is 58.4 Å². The number of aromatic nitrogens is 3. The van der Waals surface area contributed by atoms with E-state index in [-0.39, 0.29) is 18.4 Å². The molecule has 11 nitrogen and oxygen atoms in total. The van der Waals surface area contributed by atoms with Crippen LogP contribution in [0.2, 0.25) is 0 Å². The summed E-state index contributed by atoms with van der Waals surface area (Å²) in [6, 6.07) is 0. The first-order chi connectivity index (χ1) is 15.5. The Morgan fingerprint density at radius 3 is 2.50 bits per heavy atom. The zero-order chi connectivity index (χ0) is 23.3. The van der Waals surface area contributed by atoms with E-state index in [1.165, 1.54) is 0 Å². The Balaban J connectivity index is 2.06. The lowest BCUT2D eigenvalue weighted by atomic mass is 10.0. The Hall–Kier alpha value is -2.53. The summed E-state index contributed by atoms with van der Waals surface area (Å²) in [5.74, 6) is 0.709. The van der Waals surface area contributed by atoms with Gasteiger partial charge in [0.2, 0.25) is 24.2 Å². The van der Waals surface area contributed by atoms with E-state index in [0.29, 0.717) is 36.1 Å². The van der Waals surface area contributed by atoms with Gasteiger partial charge in [-0.05, 0) is 19.4 Å². The van der Waals surface area contributed by atoms with Crippen molar-refractivity contribution >= 4 is 24.2 Å². The molecule has 2 rings (SSSR count). The molecule has 11 heteroatoms. The van der Waals surface area contributed by atoms with Gasteiger partial charge in [0, 0.05) is 32.6 Å². The lowest BCUT2D eigenvalue weighted by Crippen LogP contribution is -2.47. The average Bonchev–Trinajstić information content (AvgIpc) is 2.82. The first-order valence-electron chi connectivity index (χ1n) is 11.7. The van der Waals surface area contributed by atoms with Crippen molar-refractivity contribution in [3.8, 4) is 0 Å². The number of hydrazine groups is 1. The predicted molar refractivity (Wildman–Crippen MR) is 122 cm³/mol. The summed E-state index contributed by atoms with van der Waals surface area (Å²) < 4.78 is 0. The van der Waals surface area contributed by atoms with E-state index in [2.05, 4.69) is 56.4 Å². The smallest absolute Gasteiger partial charge is 0.246 e. The van der Waals surface area contributed by atoms with Gasteiger partial charge in [0.15, 0.2) is 0 Å². The normalized spacial score (nSPS) is 15.3. The number of nitrogens with zero attached hydrogens (tertiary/aromatic N) is 6. The molecule has 2 amide bonds. The summed E-state index contributed by atoms with van der Waals surface area (Å²) in [5, 5.41) is 10.1. The first-order valence-corrected chi connectivity index (χ1v) is 11.7. The van der Waals surface area contributed by atoms with Crippen LogP contribution in [-0.4, -0.2) is 81.7 Å². The second-order valence-corrected chi connectivity index (χ2v) is 8.08. The van der Waals surface area contributed by atoms with Crippen molar-refractivity contribution in [2.75, 3.05) is 49.6 Å². The summed E-state index contributed by atoms with van der Waals surface area (Å²) in [5.41, 5.74) is 5.47. The van der Waals surface area contributed by atoms with Crippen LogP contribution >= 0.6 is 0 Å². The molecule has 1 aromatic rings. The predicted octanol–water partition coefficient (Wildman–Crippen LogP) is 1.45. The van der Waals surface area contributed by atoms with Crippen molar-refractivity contribution in [2.45, 2.75) is 59.3 Å². The van der Waals surface area contributed by atoms with E-state index in [9.17, 15) is 14.8 Å². The van der Waals surface area contributed by atoms with Gasteiger partial charge in [0.1, 0.15) is 5.82 Å². The molecule has 1 aromatic heterocycles. The van der Waals surface area contributed by atoms with Gasteiger partial charge in [0.05, 0.1) is 12.5 Å². The second kappa shape index (κ2) is 13.8. The largest absolute Gasteiger partial charge is 0.338 e. The van der Waals surface area contributed by atoms with Crippen molar-refractivity contribution in [1.29, 1.82) is 0 Å². The fraction of sp³-hybridized carbons (Fsp3) is 0.762. The van der Waals surface area contributed by atoms with Crippen LogP contribution in [0.15, 0.2) is 0 Å². The molecule has 1 unspecified atom stereocenters. The van der Waals surface area contributed by atoms with Crippen LogP contribution in [0.25, 0.3) is 0 Å². The number of rotatable bonds is 14. The summed E-state index contributed by atoms with van der Waals surface area (Å²) in [6.07, 6.45) is 5.32. The summed E-state index contributed by atoms with van der Waals surface area (Å²) >= 11 is 0. The maximum atomic E-state index is 12.7. The first kappa shape index (κ1) is 25.7. The topological polar surface area (TPSA) is 127 Å². The minimum Gasteiger partial charge on any atom is -0.338 e. The van der Waals surface area contributed by atoms with Gasteiger partial charge in [-0.2, -0.15) is 15.0 Å². The fourth-order valence-electron chi connectivity index (χ4n) is 3.64. The monoisotopic (exact) mass is 450 g/mol. The van der Waals surface area contributed by atoms with E-state index in [1.807, 2.05) is 0 Å². The van der Waals surface area contributed by atoms with Crippen LogP contribution < -0.4 is 15.8 Å². The van der Waals surface area contributed by atoms with E-state index in [1.54, 1.807) is 0 Å². The van der Waals surface area contributed by atoms with Crippen LogP contribution in [0.3, 0.4) is 0 Å². The minimum absolute atomic E-state index is 0.0635. The van der Waals surface area contributed by atoms with Crippen LogP contribution in [0.4, 0.5) is 11.9 Å². The SMILES string of the molecule is CCCCCC(CN(O)C=O)C(=O)NNc1nc(CCC)nc(N2CCN(CC)CC2)n1. The number of anilines is 2. The summed E-state index contributed by atoms with van der Waals surface area (Å²) in [7, 11) is 0. The van der Waals surface area contributed by atoms with E-state index >= 15 is 0 Å². The van der Waals surface area contributed by atoms with Crippen LogP contribution in [0, 0.1) is 5.92 Å². The highest BCUT2D eigenvalue weighted by Crippen LogP contribution is 2.15. The standard InChI is InChI=1S/C21H38N8O3/c1-4-7-8-10-17(15-29(32)16-30)19(31)25-26-20-22-18(9-5-2)23-21(24-20)28-13-11-27(6-3)12-14-28/h16-17,32H,4-15H2,1-3H3,(H,25,31)(H,22,23,24,26). The van der Waals surface area contributed by atoms with Gasteiger partial charge in [-0.1, -0.05) is 40.0 Å². The van der Waals surface area contributed by atoms with Crippen LogP contribution in [0.5, 0.6) is 0 Å². The van der Waals surface area contributed by atoms with Gasteiger partial charge in [-0.15, -0.1) is 0 Å². The number of piperazine rings is 1. The van der Waals surface area contributed by atoms with Crippen LogP contribution in [0.1, 0.15) is 58.7 Å². The molecule has 1 fully saturated rings. The van der Waals surface area contributed by atoms with Gasteiger partial charge < -0.3 is 9.80 Å². The highest BCUT2D eigenvalue weighted by atomic mass is 16.5. The lowest BCUT2D eigenvalue weighted by molar-refractivity contribution is -0.154. The third kappa shape index (κ3) is 8.19. The molecule has 32 heavy (non-hydrogen) atoms. The molecular weight excluding hydrogens is 412 g/mol. The Morgan fingerprint density at radius 2 is 1.88 bits per heavy atom. The Labute approximate surface area is 190 Å². The Kier molecular flexibility index (Phi) is 11.1. The molecule has 0 radical (unpaired) electrons.